The Bertz CT molecular complexity index is 405. The molecule has 1 saturated carbocycles. The maximum atomic E-state index is 10.5. The highest BCUT2D eigenvalue weighted by atomic mass is 79.9. The molecule has 18 heavy (non-hydrogen) atoms. The molecule has 0 amide bonds. The van der Waals surface area contributed by atoms with Crippen LogP contribution in [0, 0.1) is 11.3 Å². The van der Waals surface area contributed by atoms with E-state index in [1.54, 1.807) is 6.20 Å². The minimum atomic E-state index is -0.253. The molecule has 0 aliphatic heterocycles. The Hall–Kier alpha value is -0.410. The van der Waals surface area contributed by atoms with E-state index in [0.29, 0.717) is 12.3 Å². The second-order valence-electron chi connectivity index (χ2n) is 6.12. The molecule has 3 heteroatoms. The largest absolute Gasteiger partial charge is 0.392 e. The number of rotatable bonds is 3. The molecular formula is C15H22BrNO. The van der Waals surface area contributed by atoms with Crippen molar-refractivity contribution < 1.29 is 5.11 Å². The van der Waals surface area contributed by atoms with E-state index < -0.39 is 0 Å². The molecule has 0 aromatic carbocycles. The van der Waals surface area contributed by atoms with Crippen molar-refractivity contribution in [1.29, 1.82) is 0 Å². The fourth-order valence-electron chi connectivity index (χ4n) is 3.19. The van der Waals surface area contributed by atoms with Gasteiger partial charge in [0.05, 0.1) is 6.10 Å². The number of aliphatic hydroxyl groups is 1. The number of nitrogens with zero attached hydrogens (tertiary/aromatic N) is 1. The number of aromatic nitrogens is 1. The van der Waals surface area contributed by atoms with Crippen molar-refractivity contribution in [2.24, 2.45) is 11.3 Å². The van der Waals surface area contributed by atoms with Gasteiger partial charge in [-0.2, -0.15) is 0 Å². The van der Waals surface area contributed by atoms with Gasteiger partial charge in [0.2, 0.25) is 0 Å². The predicted octanol–water partition coefficient (Wildman–Crippen LogP) is 3.96. The van der Waals surface area contributed by atoms with Crippen molar-refractivity contribution in [1.82, 2.24) is 4.98 Å². The summed E-state index contributed by atoms with van der Waals surface area (Å²) in [6, 6.07) is 2.05. The molecule has 100 valence electrons. The lowest BCUT2D eigenvalue weighted by Crippen LogP contribution is -2.37. The first kappa shape index (κ1) is 14.0. The van der Waals surface area contributed by atoms with Crippen molar-refractivity contribution in [3.05, 3.63) is 28.5 Å². The molecule has 2 nitrogen and oxygen atoms in total. The highest BCUT2D eigenvalue weighted by Gasteiger charge is 2.36. The number of pyridine rings is 1. The van der Waals surface area contributed by atoms with Gasteiger partial charge in [-0.05, 0) is 51.7 Å². The summed E-state index contributed by atoms with van der Waals surface area (Å²) in [6.45, 7) is 4.58. The SMILES string of the molecule is CC1(C)CCCCC1C(O)Cc1cncc(Br)c1. The lowest BCUT2D eigenvalue weighted by molar-refractivity contribution is 0.00576. The number of hydrogen-bond acceptors (Lipinski definition) is 2. The molecule has 0 spiro atoms. The highest BCUT2D eigenvalue weighted by Crippen LogP contribution is 2.42. The fraction of sp³-hybridized carbons (Fsp3) is 0.667. The molecule has 1 aliphatic rings. The minimum Gasteiger partial charge on any atom is -0.392 e. The number of halogens is 1. The quantitative estimate of drug-likeness (QED) is 0.916. The summed E-state index contributed by atoms with van der Waals surface area (Å²) in [6.07, 6.45) is 9.01. The fourth-order valence-corrected chi connectivity index (χ4v) is 3.60. The lowest BCUT2D eigenvalue weighted by Gasteiger charge is -2.41. The Morgan fingerprint density at radius 1 is 1.44 bits per heavy atom. The summed E-state index contributed by atoms with van der Waals surface area (Å²) in [7, 11) is 0. The van der Waals surface area contributed by atoms with Gasteiger partial charge in [0.15, 0.2) is 0 Å². The van der Waals surface area contributed by atoms with E-state index in [9.17, 15) is 5.11 Å². The van der Waals surface area contributed by atoms with Crippen molar-refractivity contribution in [2.75, 3.05) is 0 Å². The molecular weight excluding hydrogens is 290 g/mol. The first-order chi connectivity index (χ1) is 8.49. The molecule has 0 radical (unpaired) electrons. The second kappa shape index (κ2) is 5.70. The van der Waals surface area contributed by atoms with E-state index in [-0.39, 0.29) is 11.5 Å². The predicted molar refractivity (Wildman–Crippen MR) is 77.4 cm³/mol. The zero-order chi connectivity index (χ0) is 13.2. The van der Waals surface area contributed by atoms with Gasteiger partial charge >= 0.3 is 0 Å². The summed E-state index contributed by atoms with van der Waals surface area (Å²) >= 11 is 3.43. The Balaban J connectivity index is 2.05. The highest BCUT2D eigenvalue weighted by molar-refractivity contribution is 9.10. The van der Waals surface area contributed by atoms with Gasteiger partial charge in [-0.1, -0.05) is 26.7 Å². The van der Waals surface area contributed by atoms with Crippen molar-refractivity contribution in [3.8, 4) is 0 Å². The molecule has 1 aliphatic carbocycles. The van der Waals surface area contributed by atoms with E-state index >= 15 is 0 Å². The van der Waals surface area contributed by atoms with Crippen LogP contribution in [0.1, 0.15) is 45.1 Å². The monoisotopic (exact) mass is 311 g/mol. The minimum absolute atomic E-state index is 0.253. The van der Waals surface area contributed by atoms with Crippen LogP contribution in [0.15, 0.2) is 22.9 Å². The van der Waals surface area contributed by atoms with Crippen LogP contribution < -0.4 is 0 Å². The molecule has 1 aromatic rings. The lowest BCUT2D eigenvalue weighted by atomic mass is 9.66. The average molecular weight is 312 g/mol. The summed E-state index contributed by atoms with van der Waals surface area (Å²) in [5.74, 6) is 0.408. The first-order valence-electron chi connectivity index (χ1n) is 6.76. The van der Waals surface area contributed by atoms with Crippen LogP contribution in [0.5, 0.6) is 0 Å². The van der Waals surface area contributed by atoms with Crippen LogP contribution in [0.4, 0.5) is 0 Å². The summed E-state index contributed by atoms with van der Waals surface area (Å²) in [4.78, 5) is 4.16. The van der Waals surface area contributed by atoms with Gasteiger partial charge in [0.25, 0.3) is 0 Å². The summed E-state index contributed by atoms with van der Waals surface area (Å²) in [5, 5.41) is 10.5. The Morgan fingerprint density at radius 3 is 2.89 bits per heavy atom. The smallest absolute Gasteiger partial charge is 0.0614 e. The van der Waals surface area contributed by atoms with Gasteiger partial charge < -0.3 is 5.11 Å². The second-order valence-corrected chi connectivity index (χ2v) is 7.04. The van der Waals surface area contributed by atoms with Gasteiger partial charge in [-0.15, -0.1) is 0 Å². The van der Waals surface area contributed by atoms with Gasteiger partial charge in [-0.25, -0.2) is 0 Å². The third-order valence-corrected chi connectivity index (χ3v) is 4.69. The zero-order valence-electron chi connectivity index (χ0n) is 11.2. The van der Waals surface area contributed by atoms with Crippen LogP contribution in [-0.2, 0) is 6.42 Å². The molecule has 1 fully saturated rings. The topological polar surface area (TPSA) is 33.1 Å². The molecule has 0 bridgehead atoms. The average Bonchev–Trinajstić information content (AvgIpc) is 2.28. The molecule has 1 heterocycles. The van der Waals surface area contributed by atoms with Crippen molar-refractivity contribution in [3.63, 3.8) is 0 Å². The number of hydrogen-bond donors (Lipinski definition) is 1. The van der Waals surface area contributed by atoms with Crippen molar-refractivity contribution in [2.45, 2.75) is 52.1 Å². The maximum absolute atomic E-state index is 10.5. The summed E-state index contributed by atoms with van der Waals surface area (Å²) < 4.78 is 0.982. The maximum Gasteiger partial charge on any atom is 0.0614 e. The molecule has 2 unspecified atom stereocenters. The molecule has 1 aromatic heterocycles. The third-order valence-electron chi connectivity index (χ3n) is 4.26. The normalized spacial score (nSPS) is 24.8. The zero-order valence-corrected chi connectivity index (χ0v) is 12.8. The van der Waals surface area contributed by atoms with Crippen LogP contribution in [0.2, 0.25) is 0 Å². The summed E-state index contributed by atoms with van der Waals surface area (Å²) in [5.41, 5.74) is 1.37. The number of aliphatic hydroxyl groups excluding tert-OH is 1. The third kappa shape index (κ3) is 3.33. The van der Waals surface area contributed by atoms with Crippen molar-refractivity contribution >= 4 is 15.9 Å². The standard InChI is InChI=1S/C15H22BrNO/c1-15(2)6-4-3-5-13(15)14(18)8-11-7-12(16)10-17-9-11/h7,9-10,13-14,18H,3-6,8H2,1-2H3. The molecule has 2 rings (SSSR count). The van der Waals surface area contributed by atoms with Crippen LogP contribution in [-0.4, -0.2) is 16.2 Å². The Kier molecular flexibility index (Phi) is 4.44. The van der Waals surface area contributed by atoms with E-state index in [1.165, 1.54) is 19.3 Å². The van der Waals surface area contributed by atoms with Crippen LogP contribution >= 0.6 is 15.9 Å². The Labute approximate surface area is 118 Å². The van der Waals surface area contributed by atoms with Gasteiger partial charge in [-0.3, -0.25) is 4.98 Å². The van der Waals surface area contributed by atoms with E-state index in [2.05, 4.69) is 34.8 Å². The molecule has 0 saturated heterocycles. The van der Waals surface area contributed by atoms with Gasteiger partial charge in [0.1, 0.15) is 0 Å². The van der Waals surface area contributed by atoms with Crippen LogP contribution in [0.25, 0.3) is 0 Å². The van der Waals surface area contributed by atoms with Crippen LogP contribution in [0.3, 0.4) is 0 Å². The Morgan fingerprint density at radius 2 is 2.22 bits per heavy atom. The molecule has 2 atom stereocenters. The van der Waals surface area contributed by atoms with E-state index in [4.69, 9.17) is 0 Å². The molecule has 1 N–H and O–H groups in total. The van der Waals surface area contributed by atoms with E-state index in [1.807, 2.05) is 12.3 Å². The van der Waals surface area contributed by atoms with E-state index in [0.717, 1.165) is 16.5 Å². The van der Waals surface area contributed by atoms with Gasteiger partial charge in [0, 0.05) is 23.3 Å². The first-order valence-corrected chi connectivity index (χ1v) is 7.56.